The largest absolute Gasteiger partial charge is 0.326 e. The normalized spacial score (nSPS) is 19.7. The van der Waals surface area contributed by atoms with E-state index in [9.17, 15) is 9.59 Å². The first-order chi connectivity index (χ1) is 14.1. The Labute approximate surface area is 177 Å². The summed E-state index contributed by atoms with van der Waals surface area (Å²) in [6.07, 6.45) is 6.72. The number of carbonyl (C=O) groups excluding carboxylic acids is 2. The Balaban J connectivity index is 1.45. The van der Waals surface area contributed by atoms with Gasteiger partial charge in [-0.05, 0) is 54.7 Å². The van der Waals surface area contributed by atoms with Crippen molar-refractivity contribution in [1.82, 2.24) is 0 Å². The fourth-order valence-electron chi connectivity index (χ4n) is 4.36. The average molecular weight is 409 g/mol. The van der Waals surface area contributed by atoms with Crippen LogP contribution in [0.3, 0.4) is 0 Å². The number of rotatable bonds is 6. The summed E-state index contributed by atoms with van der Waals surface area (Å²) in [4.78, 5) is 26.8. The van der Waals surface area contributed by atoms with Crippen molar-refractivity contribution in [2.75, 3.05) is 16.0 Å². The van der Waals surface area contributed by atoms with Crippen LogP contribution in [0.2, 0.25) is 0 Å². The van der Waals surface area contributed by atoms with Gasteiger partial charge in [0.1, 0.15) is 5.37 Å². The fraction of sp³-hybridized carbons (Fsp3) is 0.417. The maximum Gasteiger partial charge on any atom is 0.238 e. The second-order valence-electron chi connectivity index (χ2n) is 8.13. The van der Waals surface area contributed by atoms with Gasteiger partial charge in [0.05, 0.1) is 5.75 Å². The van der Waals surface area contributed by atoms with Crippen molar-refractivity contribution in [2.45, 2.75) is 50.8 Å². The van der Waals surface area contributed by atoms with Crippen molar-refractivity contribution in [3.05, 3.63) is 59.7 Å². The maximum absolute atomic E-state index is 12.6. The molecule has 1 saturated heterocycles. The van der Waals surface area contributed by atoms with Crippen molar-refractivity contribution in [1.29, 1.82) is 0 Å². The summed E-state index contributed by atoms with van der Waals surface area (Å²) in [6.45, 7) is 2.04. The molecule has 4 rings (SSSR count). The van der Waals surface area contributed by atoms with Crippen LogP contribution in [-0.4, -0.2) is 17.6 Å². The van der Waals surface area contributed by atoms with Crippen LogP contribution in [-0.2, 0) is 9.59 Å². The molecule has 1 atom stereocenters. The molecular formula is C24H28N2O2S. The van der Waals surface area contributed by atoms with Crippen LogP contribution in [0.25, 0.3) is 0 Å². The van der Waals surface area contributed by atoms with E-state index in [1.54, 1.807) is 11.8 Å². The molecule has 1 unspecified atom stereocenters. The van der Waals surface area contributed by atoms with E-state index in [-0.39, 0.29) is 17.2 Å². The standard InChI is InChI=1S/C24H28N2O2S/c1-17-6-4-11-21(14-17)26-23(28)16-29-24(26)19-9-5-10-20(15-19)25-22(27)13-12-18-7-2-3-8-18/h4-6,9-11,14-15,18,24H,2-3,7-8,12-13,16H2,1H3,(H,25,27). The first kappa shape index (κ1) is 20.0. The molecule has 2 aliphatic rings. The highest BCUT2D eigenvalue weighted by Crippen LogP contribution is 2.42. The molecule has 0 bridgehead atoms. The summed E-state index contributed by atoms with van der Waals surface area (Å²) in [7, 11) is 0. The summed E-state index contributed by atoms with van der Waals surface area (Å²) in [5, 5.41) is 2.98. The molecule has 1 saturated carbocycles. The Morgan fingerprint density at radius 2 is 1.93 bits per heavy atom. The minimum atomic E-state index is -0.0698. The third kappa shape index (κ3) is 4.84. The summed E-state index contributed by atoms with van der Waals surface area (Å²) < 4.78 is 0. The Kier molecular flexibility index (Phi) is 6.24. The van der Waals surface area contributed by atoms with Gasteiger partial charge in [-0.3, -0.25) is 14.5 Å². The molecule has 1 aliphatic heterocycles. The third-order valence-corrected chi connectivity index (χ3v) is 7.07. The lowest BCUT2D eigenvalue weighted by atomic mass is 10.0. The number of nitrogens with one attached hydrogen (secondary N) is 1. The number of carbonyl (C=O) groups is 2. The van der Waals surface area contributed by atoms with Crippen molar-refractivity contribution in [2.24, 2.45) is 5.92 Å². The highest BCUT2D eigenvalue weighted by atomic mass is 32.2. The van der Waals surface area contributed by atoms with Crippen molar-refractivity contribution in [3.63, 3.8) is 0 Å². The first-order valence-corrected chi connectivity index (χ1v) is 11.6. The SMILES string of the molecule is Cc1cccc(N2C(=O)CSC2c2cccc(NC(=O)CCC3CCCC3)c2)c1. The van der Waals surface area contributed by atoms with Gasteiger partial charge in [0, 0.05) is 17.8 Å². The number of thioether (sulfide) groups is 1. The molecule has 4 nitrogen and oxygen atoms in total. The summed E-state index contributed by atoms with van der Waals surface area (Å²) in [5.41, 5.74) is 3.91. The Bertz CT molecular complexity index is 892. The van der Waals surface area contributed by atoms with Crippen LogP contribution in [0, 0.1) is 12.8 Å². The number of hydrogen-bond donors (Lipinski definition) is 1. The van der Waals surface area contributed by atoms with Gasteiger partial charge in [-0.2, -0.15) is 0 Å². The van der Waals surface area contributed by atoms with E-state index in [4.69, 9.17) is 0 Å². The van der Waals surface area contributed by atoms with Crippen LogP contribution in [0.15, 0.2) is 48.5 Å². The molecule has 0 aromatic heterocycles. The quantitative estimate of drug-likeness (QED) is 0.669. The molecule has 1 N–H and O–H groups in total. The smallest absolute Gasteiger partial charge is 0.238 e. The lowest BCUT2D eigenvalue weighted by Gasteiger charge is -2.25. The number of aryl methyl sites for hydroxylation is 1. The summed E-state index contributed by atoms with van der Waals surface area (Å²) in [5.74, 6) is 1.39. The molecule has 2 amide bonds. The van der Waals surface area contributed by atoms with Gasteiger partial charge >= 0.3 is 0 Å². The van der Waals surface area contributed by atoms with Gasteiger partial charge in [-0.1, -0.05) is 49.9 Å². The lowest BCUT2D eigenvalue weighted by molar-refractivity contribution is -0.117. The van der Waals surface area contributed by atoms with Crippen molar-refractivity contribution >= 4 is 35.0 Å². The Morgan fingerprint density at radius 3 is 2.72 bits per heavy atom. The van der Waals surface area contributed by atoms with Crippen LogP contribution in [0.4, 0.5) is 11.4 Å². The van der Waals surface area contributed by atoms with Crippen LogP contribution < -0.4 is 10.2 Å². The first-order valence-electron chi connectivity index (χ1n) is 10.5. The van der Waals surface area contributed by atoms with Crippen molar-refractivity contribution < 1.29 is 9.59 Å². The Hall–Kier alpha value is -2.27. The second-order valence-corrected chi connectivity index (χ2v) is 9.20. The van der Waals surface area contributed by atoms with Gasteiger partial charge in [-0.25, -0.2) is 0 Å². The van der Waals surface area contributed by atoms with Crippen LogP contribution in [0.1, 0.15) is 55.0 Å². The molecule has 152 valence electrons. The molecule has 2 fully saturated rings. The van der Waals surface area contributed by atoms with E-state index in [0.717, 1.165) is 34.8 Å². The van der Waals surface area contributed by atoms with Gasteiger partial charge < -0.3 is 5.32 Å². The zero-order valence-electron chi connectivity index (χ0n) is 16.9. The number of anilines is 2. The molecule has 29 heavy (non-hydrogen) atoms. The summed E-state index contributed by atoms with van der Waals surface area (Å²) >= 11 is 1.63. The summed E-state index contributed by atoms with van der Waals surface area (Å²) in [6, 6.07) is 16.0. The molecule has 1 aliphatic carbocycles. The zero-order chi connectivity index (χ0) is 20.2. The van der Waals surface area contributed by atoms with Gasteiger partial charge in [-0.15, -0.1) is 11.8 Å². The molecule has 5 heteroatoms. The molecule has 2 aromatic carbocycles. The van der Waals surface area contributed by atoms with Crippen LogP contribution >= 0.6 is 11.8 Å². The highest BCUT2D eigenvalue weighted by molar-refractivity contribution is 8.00. The minimum absolute atomic E-state index is 0.0698. The third-order valence-electron chi connectivity index (χ3n) is 5.86. The van der Waals surface area contributed by atoms with E-state index >= 15 is 0 Å². The van der Waals surface area contributed by atoms with E-state index in [1.165, 1.54) is 25.7 Å². The number of hydrogen-bond acceptors (Lipinski definition) is 3. The molecule has 0 spiro atoms. The highest BCUT2D eigenvalue weighted by Gasteiger charge is 2.34. The minimum Gasteiger partial charge on any atom is -0.326 e. The predicted octanol–water partition coefficient (Wildman–Crippen LogP) is 5.68. The molecular weight excluding hydrogens is 380 g/mol. The number of amides is 2. The molecule has 1 heterocycles. The topological polar surface area (TPSA) is 49.4 Å². The predicted molar refractivity (Wildman–Crippen MR) is 120 cm³/mol. The average Bonchev–Trinajstić information content (AvgIpc) is 3.36. The van der Waals surface area contributed by atoms with Gasteiger partial charge in [0.15, 0.2) is 0 Å². The van der Waals surface area contributed by atoms with Gasteiger partial charge in [0.25, 0.3) is 0 Å². The maximum atomic E-state index is 12.6. The molecule has 0 radical (unpaired) electrons. The van der Waals surface area contributed by atoms with E-state index < -0.39 is 0 Å². The van der Waals surface area contributed by atoms with E-state index in [1.807, 2.05) is 60.4 Å². The van der Waals surface area contributed by atoms with E-state index in [0.29, 0.717) is 12.2 Å². The van der Waals surface area contributed by atoms with Crippen molar-refractivity contribution in [3.8, 4) is 0 Å². The monoisotopic (exact) mass is 408 g/mol. The molecule has 2 aromatic rings. The number of nitrogens with zero attached hydrogens (tertiary/aromatic N) is 1. The zero-order valence-corrected chi connectivity index (χ0v) is 17.7. The van der Waals surface area contributed by atoms with Gasteiger partial charge in [0.2, 0.25) is 11.8 Å². The lowest BCUT2D eigenvalue weighted by Crippen LogP contribution is -2.27. The van der Waals surface area contributed by atoms with Crippen LogP contribution in [0.5, 0.6) is 0 Å². The Morgan fingerprint density at radius 1 is 1.14 bits per heavy atom. The fourth-order valence-corrected chi connectivity index (χ4v) is 5.52. The second kappa shape index (κ2) is 9.04. The number of benzene rings is 2. The van der Waals surface area contributed by atoms with E-state index in [2.05, 4.69) is 5.32 Å².